The van der Waals surface area contributed by atoms with Crippen molar-refractivity contribution in [2.24, 2.45) is 5.92 Å². The van der Waals surface area contributed by atoms with E-state index < -0.39 is 5.97 Å². The number of benzene rings is 1. The summed E-state index contributed by atoms with van der Waals surface area (Å²) >= 11 is 0. The minimum absolute atomic E-state index is 0.0277. The zero-order chi connectivity index (χ0) is 14.4. The van der Waals surface area contributed by atoms with Crippen LogP contribution in [0, 0.1) is 5.92 Å². The lowest BCUT2D eigenvalue weighted by atomic mass is 10.0. The molecule has 5 heteroatoms. The smallest absolute Gasteiger partial charge is 0.303 e. The third-order valence-electron chi connectivity index (χ3n) is 3.35. The van der Waals surface area contributed by atoms with Crippen LogP contribution >= 0.6 is 0 Å². The number of aliphatic carboxylic acids is 1. The highest BCUT2D eigenvalue weighted by Crippen LogP contribution is 2.18. The molecule has 1 heterocycles. The zero-order valence-corrected chi connectivity index (χ0v) is 11.3. The average molecular weight is 277 g/mol. The molecule has 1 atom stereocenters. The van der Waals surface area contributed by atoms with Gasteiger partial charge in [0.15, 0.2) is 0 Å². The summed E-state index contributed by atoms with van der Waals surface area (Å²) in [6.07, 6.45) is 2.32. The Morgan fingerprint density at radius 3 is 2.95 bits per heavy atom. The Hall–Kier alpha value is -1.88. The number of carbonyl (C=O) groups excluding carboxylic acids is 1. The van der Waals surface area contributed by atoms with E-state index >= 15 is 0 Å². The molecule has 0 aliphatic carbocycles. The van der Waals surface area contributed by atoms with E-state index in [-0.39, 0.29) is 18.2 Å². The zero-order valence-electron chi connectivity index (χ0n) is 11.3. The molecule has 2 rings (SSSR count). The maximum absolute atomic E-state index is 12.1. The maximum Gasteiger partial charge on any atom is 0.303 e. The summed E-state index contributed by atoms with van der Waals surface area (Å²) in [4.78, 5) is 22.6. The van der Waals surface area contributed by atoms with E-state index in [4.69, 9.17) is 9.84 Å². The van der Waals surface area contributed by atoms with E-state index in [9.17, 15) is 9.59 Å². The van der Waals surface area contributed by atoms with E-state index in [2.05, 4.69) is 5.32 Å². The van der Waals surface area contributed by atoms with E-state index in [1.165, 1.54) is 0 Å². The van der Waals surface area contributed by atoms with Crippen molar-refractivity contribution in [3.8, 4) is 0 Å². The fraction of sp³-hybridized carbons (Fsp3) is 0.467. The monoisotopic (exact) mass is 277 g/mol. The summed E-state index contributed by atoms with van der Waals surface area (Å²) in [7, 11) is 0. The van der Waals surface area contributed by atoms with Crippen molar-refractivity contribution in [2.45, 2.75) is 25.7 Å². The summed E-state index contributed by atoms with van der Waals surface area (Å²) in [5.41, 5.74) is 1.62. The van der Waals surface area contributed by atoms with Gasteiger partial charge in [0, 0.05) is 18.7 Å². The van der Waals surface area contributed by atoms with Crippen molar-refractivity contribution < 1.29 is 19.4 Å². The first-order chi connectivity index (χ1) is 9.65. The molecule has 1 saturated heterocycles. The Bertz CT molecular complexity index is 481. The Morgan fingerprint density at radius 2 is 2.25 bits per heavy atom. The van der Waals surface area contributed by atoms with Crippen LogP contribution in [0.4, 0.5) is 5.69 Å². The lowest BCUT2D eigenvalue weighted by molar-refractivity contribution is -0.137. The molecule has 0 radical (unpaired) electrons. The molecule has 2 N–H and O–H groups in total. The quantitative estimate of drug-likeness (QED) is 0.864. The number of carboxylic acids is 1. The van der Waals surface area contributed by atoms with Crippen LogP contribution in [-0.2, 0) is 20.7 Å². The predicted octanol–water partition coefficient (Wildman–Crippen LogP) is 2.07. The van der Waals surface area contributed by atoms with Crippen LogP contribution < -0.4 is 5.32 Å². The Kier molecular flexibility index (Phi) is 5.12. The second kappa shape index (κ2) is 7.05. The largest absolute Gasteiger partial charge is 0.481 e. The highest BCUT2D eigenvalue weighted by atomic mass is 16.5. The number of carbonyl (C=O) groups is 2. The van der Waals surface area contributed by atoms with E-state index in [0.717, 1.165) is 25.0 Å². The minimum Gasteiger partial charge on any atom is -0.481 e. The normalized spacial score (nSPS) is 18.5. The third kappa shape index (κ3) is 4.35. The van der Waals surface area contributed by atoms with Gasteiger partial charge >= 0.3 is 5.97 Å². The molecule has 20 heavy (non-hydrogen) atoms. The average Bonchev–Trinajstić information content (AvgIpc) is 2.46. The molecule has 0 aromatic heterocycles. The van der Waals surface area contributed by atoms with Gasteiger partial charge < -0.3 is 15.2 Å². The number of amides is 1. The van der Waals surface area contributed by atoms with Crippen LogP contribution in [0.15, 0.2) is 24.3 Å². The fourth-order valence-electron chi connectivity index (χ4n) is 2.25. The van der Waals surface area contributed by atoms with E-state index in [0.29, 0.717) is 18.7 Å². The van der Waals surface area contributed by atoms with Crippen molar-refractivity contribution in [3.05, 3.63) is 29.8 Å². The van der Waals surface area contributed by atoms with Crippen molar-refractivity contribution in [1.29, 1.82) is 0 Å². The molecule has 1 aromatic rings. The van der Waals surface area contributed by atoms with Crippen molar-refractivity contribution in [3.63, 3.8) is 0 Å². The Labute approximate surface area is 117 Å². The molecule has 0 spiro atoms. The molecule has 1 amide bonds. The number of hydrogen-bond donors (Lipinski definition) is 2. The summed E-state index contributed by atoms with van der Waals surface area (Å²) in [6.45, 7) is 1.21. The van der Waals surface area contributed by atoms with Gasteiger partial charge in [-0.3, -0.25) is 9.59 Å². The molecule has 1 aliphatic rings. The first kappa shape index (κ1) is 14.5. The van der Waals surface area contributed by atoms with Crippen molar-refractivity contribution >= 4 is 17.6 Å². The lowest BCUT2D eigenvalue weighted by Gasteiger charge is -2.21. The number of rotatable bonds is 5. The topological polar surface area (TPSA) is 75.6 Å². The van der Waals surface area contributed by atoms with Crippen LogP contribution in [0.25, 0.3) is 0 Å². The van der Waals surface area contributed by atoms with Gasteiger partial charge in [0.2, 0.25) is 5.91 Å². The predicted molar refractivity (Wildman–Crippen MR) is 74.6 cm³/mol. The molecule has 1 aromatic carbocycles. The molecule has 1 aliphatic heterocycles. The number of hydrogen-bond acceptors (Lipinski definition) is 3. The second-order valence-corrected chi connectivity index (χ2v) is 5.00. The summed E-state index contributed by atoms with van der Waals surface area (Å²) in [5, 5.41) is 11.5. The molecule has 5 nitrogen and oxygen atoms in total. The summed E-state index contributed by atoms with van der Waals surface area (Å²) in [5.74, 6) is -0.940. The van der Waals surface area contributed by atoms with Crippen molar-refractivity contribution in [1.82, 2.24) is 0 Å². The van der Waals surface area contributed by atoms with Gasteiger partial charge in [0.1, 0.15) is 0 Å². The molecular weight excluding hydrogens is 258 g/mol. The van der Waals surface area contributed by atoms with Crippen LogP contribution in [0.3, 0.4) is 0 Å². The van der Waals surface area contributed by atoms with E-state index in [1.54, 1.807) is 0 Å². The molecule has 1 fully saturated rings. The molecule has 0 saturated carbocycles. The second-order valence-electron chi connectivity index (χ2n) is 5.00. The number of aryl methyl sites for hydroxylation is 1. The lowest BCUT2D eigenvalue weighted by Crippen LogP contribution is -2.30. The van der Waals surface area contributed by atoms with Gasteiger partial charge in [-0.05, 0) is 37.0 Å². The highest BCUT2D eigenvalue weighted by molar-refractivity contribution is 5.92. The van der Waals surface area contributed by atoms with Crippen LogP contribution in [0.1, 0.15) is 24.8 Å². The van der Waals surface area contributed by atoms with Gasteiger partial charge in [-0.25, -0.2) is 0 Å². The minimum atomic E-state index is -0.821. The molecule has 1 unspecified atom stereocenters. The fourth-order valence-corrected chi connectivity index (χ4v) is 2.25. The van der Waals surface area contributed by atoms with Gasteiger partial charge in [0.05, 0.1) is 12.5 Å². The van der Waals surface area contributed by atoms with E-state index in [1.807, 2.05) is 24.3 Å². The maximum atomic E-state index is 12.1. The number of carboxylic acid groups (broad SMARTS) is 1. The summed E-state index contributed by atoms with van der Waals surface area (Å²) in [6, 6.07) is 7.32. The van der Waals surface area contributed by atoms with Gasteiger partial charge in [-0.1, -0.05) is 12.1 Å². The number of ether oxygens (including phenoxy) is 1. The van der Waals surface area contributed by atoms with Gasteiger partial charge in [-0.2, -0.15) is 0 Å². The standard InChI is InChI=1S/C15H19NO4/c17-14(18)7-6-11-3-1-5-13(9-11)16-15(19)12-4-2-8-20-10-12/h1,3,5,9,12H,2,4,6-8,10H2,(H,16,19)(H,17,18). The van der Waals surface area contributed by atoms with Crippen LogP contribution in [-0.4, -0.2) is 30.2 Å². The Balaban J connectivity index is 1.93. The molecule has 0 bridgehead atoms. The molecule has 108 valence electrons. The number of anilines is 1. The summed E-state index contributed by atoms with van der Waals surface area (Å²) < 4.78 is 5.30. The van der Waals surface area contributed by atoms with Crippen LogP contribution in [0.5, 0.6) is 0 Å². The van der Waals surface area contributed by atoms with Crippen LogP contribution in [0.2, 0.25) is 0 Å². The van der Waals surface area contributed by atoms with Gasteiger partial charge in [0.25, 0.3) is 0 Å². The first-order valence-electron chi connectivity index (χ1n) is 6.84. The van der Waals surface area contributed by atoms with Crippen molar-refractivity contribution in [2.75, 3.05) is 18.5 Å². The Morgan fingerprint density at radius 1 is 1.40 bits per heavy atom. The first-order valence-corrected chi connectivity index (χ1v) is 6.84. The number of nitrogens with one attached hydrogen (secondary N) is 1. The highest BCUT2D eigenvalue weighted by Gasteiger charge is 2.21. The molecular formula is C15H19NO4. The third-order valence-corrected chi connectivity index (χ3v) is 3.35. The SMILES string of the molecule is O=C(O)CCc1cccc(NC(=O)C2CCCOC2)c1. The van der Waals surface area contributed by atoms with Gasteiger partial charge in [-0.15, -0.1) is 0 Å².